The third-order valence-electron chi connectivity index (χ3n) is 2.72. The van der Waals surface area contributed by atoms with Gasteiger partial charge in [0.1, 0.15) is 4.99 Å². The summed E-state index contributed by atoms with van der Waals surface area (Å²) in [5.41, 5.74) is 5.83. The first-order valence-corrected chi connectivity index (χ1v) is 7.79. The van der Waals surface area contributed by atoms with E-state index in [2.05, 4.69) is 5.32 Å². The van der Waals surface area contributed by atoms with Crippen LogP contribution in [0.4, 0.5) is 0 Å². The normalized spacial score (nSPS) is 11.3. The minimum absolute atomic E-state index is 0.000158. The number of nitrogens with one attached hydrogen (secondary N) is 1. The van der Waals surface area contributed by atoms with Crippen molar-refractivity contribution >= 4 is 33.1 Å². The van der Waals surface area contributed by atoms with Gasteiger partial charge in [-0.3, -0.25) is 4.79 Å². The van der Waals surface area contributed by atoms with Gasteiger partial charge in [0.15, 0.2) is 0 Å². The van der Waals surface area contributed by atoms with E-state index in [9.17, 15) is 13.2 Å². The van der Waals surface area contributed by atoms with Crippen molar-refractivity contribution in [1.29, 1.82) is 0 Å². The van der Waals surface area contributed by atoms with Crippen LogP contribution in [0.25, 0.3) is 0 Å². The van der Waals surface area contributed by atoms with Crippen molar-refractivity contribution in [3.63, 3.8) is 0 Å². The predicted octanol–water partition coefficient (Wildman–Crippen LogP) is 0.0774. The van der Waals surface area contributed by atoms with Crippen LogP contribution in [0.5, 0.6) is 0 Å². The summed E-state index contributed by atoms with van der Waals surface area (Å²) >= 11 is 4.87. The second-order valence-corrected chi connectivity index (χ2v) is 6.31. The molecule has 1 aromatic carbocycles. The van der Waals surface area contributed by atoms with Gasteiger partial charge in [-0.05, 0) is 6.07 Å². The zero-order valence-electron chi connectivity index (χ0n) is 11.3. The molecule has 3 N–H and O–H groups in total. The molecule has 0 fully saturated rings. The Morgan fingerprint density at radius 2 is 2.00 bits per heavy atom. The molecule has 1 aromatic rings. The predicted molar refractivity (Wildman–Crippen MR) is 80.8 cm³/mol. The standard InChI is InChI=1S/C12H17N3O3S2/c1-3-15(8-11(16)14-2)20(17,18)10-7-5-4-6-9(10)12(13)19/h4-7H,3,8H2,1-2H3,(H2,13,19)(H,14,16). The molecule has 8 heteroatoms. The first kappa shape index (κ1) is 16.5. The quantitative estimate of drug-likeness (QED) is 0.725. The summed E-state index contributed by atoms with van der Waals surface area (Å²) in [6, 6.07) is 6.21. The minimum Gasteiger partial charge on any atom is -0.389 e. The van der Waals surface area contributed by atoms with Gasteiger partial charge in [0.25, 0.3) is 0 Å². The zero-order chi connectivity index (χ0) is 15.3. The Labute approximate surface area is 124 Å². The van der Waals surface area contributed by atoms with Crippen molar-refractivity contribution in [2.75, 3.05) is 20.1 Å². The summed E-state index contributed by atoms with van der Waals surface area (Å²) < 4.78 is 26.2. The van der Waals surface area contributed by atoms with Crippen molar-refractivity contribution in [3.05, 3.63) is 29.8 Å². The number of thiocarbonyl (C=S) groups is 1. The van der Waals surface area contributed by atoms with Crippen molar-refractivity contribution in [2.24, 2.45) is 5.73 Å². The van der Waals surface area contributed by atoms with E-state index >= 15 is 0 Å². The Morgan fingerprint density at radius 3 is 2.50 bits per heavy atom. The molecule has 0 radical (unpaired) electrons. The van der Waals surface area contributed by atoms with E-state index in [1.165, 1.54) is 13.1 Å². The van der Waals surface area contributed by atoms with Crippen LogP contribution in [0.3, 0.4) is 0 Å². The summed E-state index contributed by atoms with van der Waals surface area (Å²) in [6.45, 7) is 1.58. The highest BCUT2D eigenvalue weighted by molar-refractivity contribution is 7.89. The first-order chi connectivity index (χ1) is 9.34. The molecule has 0 atom stereocenters. The second-order valence-electron chi connectivity index (χ2n) is 3.96. The summed E-state index contributed by atoms with van der Waals surface area (Å²) in [5.74, 6) is -0.386. The number of nitrogens with zero attached hydrogens (tertiary/aromatic N) is 1. The molecular formula is C12H17N3O3S2. The van der Waals surface area contributed by atoms with E-state index in [4.69, 9.17) is 18.0 Å². The average Bonchev–Trinajstić information content (AvgIpc) is 2.44. The van der Waals surface area contributed by atoms with Gasteiger partial charge in [-0.15, -0.1) is 0 Å². The Hall–Kier alpha value is -1.51. The SMILES string of the molecule is CCN(CC(=O)NC)S(=O)(=O)c1ccccc1C(N)=S. The molecule has 110 valence electrons. The highest BCUT2D eigenvalue weighted by Gasteiger charge is 2.27. The Bertz CT molecular complexity index is 614. The van der Waals surface area contributed by atoms with Crippen LogP contribution in [-0.2, 0) is 14.8 Å². The molecule has 0 aliphatic carbocycles. The van der Waals surface area contributed by atoms with Gasteiger partial charge in [0.2, 0.25) is 15.9 Å². The fourth-order valence-corrected chi connectivity index (χ4v) is 3.49. The van der Waals surface area contributed by atoms with Gasteiger partial charge < -0.3 is 11.1 Å². The number of carbonyl (C=O) groups excluding carboxylic acids is 1. The van der Waals surface area contributed by atoms with Crippen LogP contribution in [0.2, 0.25) is 0 Å². The number of hydrogen-bond donors (Lipinski definition) is 2. The average molecular weight is 315 g/mol. The third-order valence-corrected chi connectivity index (χ3v) is 4.92. The van der Waals surface area contributed by atoms with Crippen molar-refractivity contribution in [1.82, 2.24) is 9.62 Å². The number of likely N-dealkylation sites (N-methyl/N-ethyl adjacent to an activating group) is 2. The van der Waals surface area contributed by atoms with E-state index < -0.39 is 10.0 Å². The largest absolute Gasteiger partial charge is 0.389 e. The maximum Gasteiger partial charge on any atom is 0.244 e. The lowest BCUT2D eigenvalue weighted by molar-refractivity contribution is -0.120. The molecule has 1 rings (SSSR count). The lowest BCUT2D eigenvalue weighted by Crippen LogP contribution is -2.40. The van der Waals surface area contributed by atoms with E-state index in [0.29, 0.717) is 0 Å². The lowest BCUT2D eigenvalue weighted by Gasteiger charge is -2.21. The van der Waals surface area contributed by atoms with Crippen LogP contribution < -0.4 is 11.1 Å². The molecule has 0 spiro atoms. The molecule has 0 saturated carbocycles. The second kappa shape index (κ2) is 6.78. The van der Waals surface area contributed by atoms with Gasteiger partial charge in [0, 0.05) is 19.2 Å². The van der Waals surface area contributed by atoms with Crippen LogP contribution in [0, 0.1) is 0 Å². The van der Waals surface area contributed by atoms with Gasteiger partial charge in [0.05, 0.1) is 11.4 Å². The molecule has 0 bridgehead atoms. The van der Waals surface area contributed by atoms with E-state index in [-0.39, 0.29) is 34.4 Å². The summed E-state index contributed by atoms with van der Waals surface area (Å²) in [4.78, 5) is 11.4. The lowest BCUT2D eigenvalue weighted by atomic mass is 10.2. The zero-order valence-corrected chi connectivity index (χ0v) is 12.9. The summed E-state index contributed by atoms with van der Waals surface area (Å²) in [6.07, 6.45) is 0. The van der Waals surface area contributed by atoms with Crippen molar-refractivity contribution in [3.8, 4) is 0 Å². The summed E-state index contributed by atoms with van der Waals surface area (Å²) in [7, 11) is -2.38. The minimum atomic E-state index is -3.83. The number of rotatable bonds is 6. The number of nitrogens with two attached hydrogens (primary N) is 1. The monoisotopic (exact) mass is 315 g/mol. The van der Waals surface area contributed by atoms with Crippen LogP contribution in [0.15, 0.2) is 29.2 Å². The van der Waals surface area contributed by atoms with Gasteiger partial charge >= 0.3 is 0 Å². The fourth-order valence-electron chi connectivity index (χ4n) is 1.64. The van der Waals surface area contributed by atoms with Gasteiger partial charge in [-0.2, -0.15) is 4.31 Å². The molecule has 0 aliphatic rings. The Balaban J connectivity index is 3.28. The molecule has 6 nitrogen and oxygen atoms in total. The highest BCUT2D eigenvalue weighted by atomic mass is 32.2. The van der Waals surface area contributed by atoms with Crippen molar-refractivity contribution in [2.45, 2.75) is 11.8 Å². The van der Waals surface area contributed by atoms with Crippen LogP contribution in [-0.4, -0.2) is 43.8 Å². The Kier molecular flexibility index (Phi) is 5.61. The van der Waals surface area contributed by atoms with E-state index in [1.54, 1.807) is 25.1 Å². The molecule has 1 amide bonds. The van der Waals surface area contributed by atoms with Gasteiger partial charge in [-0.1, -0.05) is 37.3 Å². The molecule has 0 aliphatic heterocycles. The van der Waals surface area contributed by atoms with Gasteiger partial charge in [-0.25, -0.2) is 8.42 Å². The maximum atomic E-state index is 12.6. The molecular weight excluding hydrogens is 298 g/mol. The summed E-state index contributed by atoms with van der Waals surface area (Å²) in [5, 5.41) is 2.40. The number of benzene rings is 1. The fraction of sp³-hybridized carbons (Fsp3) is 0.333. The molecule has 0 heterocycles. The number of hydrogen-bond acceptors (Lipinski definition) is 4. The van der Waals surface area contributed by atoms with Crippen molar-refractivity contribution < 1.29 is 13.2 Å². The molecule has 20 heavy (non-hydrogen) atoms. The molecule has 0 aromatic heterocycles. The smallest absolute Gasteiger partial charge is 0.244 e. The number of sulfonamides is 1. The van der Waals surface area contributed by atoms with E-state index in [0.717, 1.165) is 4.31 Å². The molecule has 0 unspecified atom stereocenters. The van der Waals surface area contributed by atoms with Crippen LogP contribution in [0.1, 0.15) is 12.5 Å². The maximum absolute atomic E-state index is 12.6. The third kappa shape index (κ3) is 3.53. The molecule has 0 saturated heterocycles. The van der Waals surface area contributed by atoms with E-state index in [1.807, 2.05) is 0 Å². The Morgan fingerprint density at radius 1 is 1.40 bits per heavy atom. The van der Waals surface area contributed by atoms with Crippen LogP contribution >= 0.6 is 12.2 Å². The number of carbonyl (C=O) groups is 1. The topological polar surface area (TPSA) is 92.5 Å². The number of amides is 1. The first-order valence-electron chi connectivity index (χ1n) is 5.94. The highest BCUT2D eigenvalue weighted by Crippen LogP contribution is 2.20.